The molecule has 0 fully saturated rings. The summed E-state index contributed by atoms with van der Waals surface area (Å²) in [6.07, 6.45) is 1.96. The monoisotopic (exact) mass is 296 g/mol. The zero-order valence-electron chi connectivity index (χ0n) is 11.7. The van der Waals surface area contributed by atoms with Gasteiger partial charge in [0.2, 0.25) is 0 Å². The Morgan fingerprint density at radius 2 is 1.62 bits per heavy atom. The van der Waals surface area contributed by atoms with E-state index >= 15 is 0 Å². The third-order valence-electron chi connectivity index (χ3n) is 2.77. The van der Waals surface area contributed by atoms with Crippen molar-refractivity contribution in [2.75, 3.05) is 0 Å². The molecule has 0 aliphatic carbocycles. The highest BCUT2D eigenvalue weighted by Gasteiger charge is 1.99. The van der Waals surface area contributed by atoms with E-state index in [1.165, 1.54) is 6.07 Å². The summed E-state index contributed by atoms with van der Waals surface area (Å²) in [6, 6.07) is 12.1. The minimum atomic E-state index is -0.406. The highest BCUT2D eigenvalue weighted by Crippen LogP contribution is 2.13. The van der Waals surface area contributed by atoms with Gasteiger partial charge in [-0.1, -0.05) is 42.2 Å². The molecule has 0 saturated carbocycles. The van der Waals surface area contributed by atoms with Gasteiger partial charge in [0, 0.05) is 22.6 Å². The van der Waals surface area contributed by atoms with Gasteiger partial charge >= 0.3 is 0 Å². The first-order chi connectivity index (χ1) is 10.2. The lowest BCUT2D eigenvalue weighted by Gasteiger charge is -1.95. The summed E-state index contributed by atoms with van der Waals surface area (Å²) in [5, 5.41) is 0.369. The van der Waals surface area contributed by atoms with E-state index in [9.17, 15) is 4.39 Å². The van der Waals surface area contributed by atoms with Gasteiger partial charge in [0.25, 0.3) is 0 Å². The van der Waals surface area contributed by atoms with Crippen LogP contribution in [0.5, 0.6) is 0 Å². The van der Waals surface area contributed by atoms with Gasteiger partial charge in [-0.3, -0.25) is 0 Å². The van der Waals surface area contributed by atoms with Crippen LogP contribution in [0, 0.1) is 29.5 Å². The van der Waals surface area contributed by atoms with Crippen LogP contribution in [0.3, 0.4) is 0 Å². The first kappa shape index (κ1) is 15.2. The van der Waals surface area contributed by atoms with Gasteiger partial charge in [0.15, 0.2) is 0 Å². The molecule has 0 amide bonds. The third-order valence-corrected chi connectivity index (χ3v) is 3.00. The van der Waals surface area contributed by atoms with Crippen molar-refractivity contribution in [1.82, 2.24) is 0 Å². The molecule has 2 aromatic rings. The Labute approximate surface area is 130 Å². The summed E-state index contributed by atoms with van der Waals surface area (Å²) < 4.78 is 13.6. The van der Waals surface area contributed by atoms with E-state index in [1.807, 2.05) is 24.3 Å². The van der Waals surface area contributed by atoms with Gasteiger partial charge in [0.1, 0.15) is 5.82 Å². The zero-order valence-corrected chi connectivity index (χ0v) is 12.5. The number of unbranched alkanes of at least 4 members (excludes halogenated alkanes) is 1. The minimum Gasteiger partial charge on any atom is -0.206 e. The highest BCUT2D eigenvalue weighted by atomic mass is 35.5. The van der Waals surface area contributed by atoms with E-state index in [2.05, 4.69) is 30.6 Å². The Balaban J connectivity index is 2.14. The van der Waals surface area contributed by atoms with Gasteiger partial charge < -0.3 is 0 Å². The van der Waals surface area contributed by atoms with E-state index in [-0.39, 0.29) is 0 Å². The van der Waals surface area contributed by atoms with E-state index in [1.54, 1.807) is 12.1 Å². The SMILES string of the molecule is CCCC#Cc1ccc(C#Cc2ccc(Cl)cc2F)cc1. The highest BCUT2D eigenvalue weighted by molar-refractivity contribution is 6.30. The van der Waals surface area contributed by atoms with Crippen LogP contribution in [0.25, 0.3) is 0 Å². The second kappa shape index (κ2) is 7.53. The van der Waals surface area contributed by atoms with E-state index in [0.29, 0.717) is 10.6 Å². The lowest BCUT2D eigenvalue weighted by molar-refractivity contribution is 0.624. The van der Waals surface area contributed by atoms with Crippen molar-refractivity contribution in [2.45, 2.75) is 19.8 Å². The molecule has 0 saturated heterocycles. The standard InChI is InChI=1S/C19H14ClF/c1-2-3-4-5-15-6-8-16(9-7-15)10-11-17-12-13-18(20)14-19(17)21/h6-9,12-14H,2-3H2,1H3. The van der Waals surface area contributed by atoms with Crippen LogP contribution in [-0.4, -0.2) is 0 Å². The Kier molecular flexibility index (Phi) is 5.44. The van der Waals surface area contributed by atoms with Crippen molar-refractivity contribution in [3.05, 3.63) is 70.0 Å². The lowest BCUT2D eigenvalue weighted by Crippen LogP contribution is -1.83. The molecule has 2 heteroatoms. The molecular weight excluding hydrogens is 283 g/mol. The van der Waals surface area contributed by atoms with Crippen molar-refractivity contribution in [3.8, 4) is 23.7 Å². The maximum Gasteiger partial charge on any atom is 0.140 e. The smallest absolute Gasteiger partial charge is 0.140 e. The second-order valence-corrected chi connectivity index (χ2v) is 4.94. The third kappa shape index (κ3) is 4.67. The van der Waals surface area contributed by atoms with Crippen LogP contribution >= 0.6 is 11.6 Å². The summed E-state index contributed by atoms with van der Waals surface area (Å²) in [5.41, 5.74) is 2.13. The molecule has 2 rings (SSSR count). The molecule has 0 heterocycles. The Morgan fingerprint density at radius 1 is 0.952 bits per heavy atom. The van der Waals surface area contributed by atoms with Crippen molar-refractivity contribution < 1.29 is 4.39 Å². The Morgan fingerprint density at radius 3 is 2.24 bits per heavy atom. The van der Waals surface area contributed by atoms with E-state index in [4.69, 9.17) is 11.6 Å². The fourth-order valence-electron chi connectivity index (χ4n) is 1.66. The number of halogens is 2. The fourth-order valence-corrected chi connectivity index (χ4v) is 1.82. The summed E-state index contributed by atoms with van der Waals surface area (Å²) in [7, 11) is 0. The molecule has 2 aromatic carbocycles. The Bertz CT molecular complexity index is 737. The topological polar surface area (TPSA) is 0 Å². The molecule has 0 spiro atoms. The van der Waals surface area contributed by atoms with Crippen molar-refractivity contribution >= 4 is 11.6 Å². The van der Waals surface area contributed by atoms with Crippen LogP contribution in [0.1, 0.15) is 36.5 Å². The first-order valence-electron chi connectivity index (χ1n) is 6.75. The molecule has 0 aliphatic rings. The molecule has 0 radical (unpaired) electrons. The minimum absolute atomic E-state index is 0.339. The normalized spacial score (nSPS) is 9.29. The average molecular weight is 297 g/mol. The summed E-state index contributed by atoms with van der Waals surface area (Å²) in [6.45, 7) is 2.10. The van der Waals surface area contributed by atoms with Crippen LogP contribution < -0.4 is 0 Å². The van der Waals surface area contributed by atoms with Gasteiger partial charge in [-0.25, -0.2) is 4.39 Å². The van der Waals surface area contributed by atoms with Crippen LogP contribution in [-0.2, 0) is 0 Å². The number of benzene rings is 2. The molecule has 0 atom stereocenters. The molecule has 0 bridgehead atoms. The quantitative estimate of drug-likeness (QED) is 0.647. The maximum absolute atomic E-state index is 13.6. The van der Waals surface area contributed by atoms with Crippen molar-refractivity contribution in [3.63, 3.8) is 0 Å². The van der Waals surface area contributed by atoms with E-state index < -0.39 is 5.82 Å². The molecule has 0 N–H and O–H groups in total. The van der Waals surface area contributed by atoms with Gasteiger partial charge in [-0.05, 0) is 48.9 Å². The largest absolute Gasteiger partial charge is 0.206 e. The second-order valence-electron chi connectivity index (χ2n) is 4.50. The molecule has 21 heavy (non-hydrogen) atoms. The van der Waals surface area contributed by atoms with Gasteiger partial charge in [0.05, 0.1) is 5.56 Å². The first-order valence-corrected chi connectivity index (χ1v) is 7.13. The molecule has 0 unspecified atom stereocenters. The molecular formula is C19H14ClF. The number of hydrogen-bond acceptors (Lipinski definition) is 0. The predicted molar refractivity (Wildman–Crippen MR) is 85.6 cm³/mol. The maximum atomic E-state index is 13.6. The van der Waals surface area contributed by atoms with Gasteiger partial charge in [-0.2, -0.15) is 0 Å². The van der Waals surface area contributed by atoms with Crippen LogP contribution in [0.15, 0.2) is 42.5 Å². The number of rotatable bonds is 1. The number of hydrogen-bond donors (Lipinski definition) is 0. The van der Waals surface area contributed by atoms with Crippen LogP contribution in [0.2, 0.25) is 5.02 Å². The average Bonchev–Trinajstić information content (AvgIpc) is 2.48. The van der Waals surface area contributed by atoms with Gasteiger partial charge in [-0.15, -0.1) is 0 Å². The predicted octanol–water partition coefficient (Wildman–Crippen LogP) is 5.03. The van der Waals surface area contributed by atoms with E-state index in [0.717, 1.165) is 24.0 Å². The molecule has 104 valence electrons. The zero-order chi connectivity index (χ0) is 15.1. The Hall–Kier alpha value is -2.22. The fraction of sp³-hybridized carbons (Fsp3) is 0.158. The van der Waals surface area contributed by atoms with Crippen LogP contribution in [0.4, 0.5) is 4.39 Å². The summed E-state index contributed by atoms with van der Waals surface area (Å²) in [5.74, 6) is 11.5. The van der Waals surface area contributed by atoms with Crippen molar-refractivity contribution in [2.24, 2.45) is 0 Å². The molecule has 0 aromatic heterocycles. The summed E-state index contributed by atoms with van der Waals surface area (Å²) in [4.78, 5) is 0. The van der Waals surface area contributed by atoms with Crippen molar-refractivity contribution in [1.29, 1.82) is 0 Å². The summed E-state index contributed by atoms with van der Waals surface area (Å²) >= 11 is 5.70. The lowest BCUT2D eigenvalue weighted by atomic mass is 10.1. The molecule has 0 aliphatic heterocycles. The molecule has 0 nitrogen and oxygen atoms in total.